The molecule has 4 heteroatoms. The summed E-state index contributed by atoms with van der Waals surface area (Å²) in [5.74, 6) is 0. The van der Waals surface area contributed by atoms with Gasteiger partial charge in [0, 0.05) is 34.2 Å². The lowest BCUT2D eigenvalue weighted by molar-refractivity contribution is 0.180. The van der Waals surface area contributed by atoms with Gasteiger partial charge in [-0.25, -0.2) is 0 Å². The second-order valence-corrected chi connectivity index (χ2v) is 5.74. The summed E-state index contributed by atoms with van der Waals surface area (Å²) in [6.45, 7) is 0. The van der Waals surface area contributed by atoms with Crippen LogP contribution in [-0.2, 0) is 6.42 Å². The minimum atomic E-state index is -0.642. The fourth-order valence-electron chi connectivity index (χ4n) is 2.43. The molecule has 0 aliphatic carbocycles. The van der Waals surface area contributed by atoms with Gasteiger partial charge in [-0.15, -0.1) is 0 Å². The van der Waals surface area contributed by atoms with Gasteiger partial charge in [0.2, 0.25) is 0 Å². The van der Waals surface area contributed by atoms with Gasteiger partial charge in [0.15, 0.2) is 0 Å². The number of nitrogens with zero attached hydrogens (tertiary/aromatic N) is 1. The van der Waals surface area contributed by atoms with Crippen molar-refractivity contribution in [2.24, 2.45) is 0 Å². The Morgan fingerprint density at radius 1 is 1.10 bits per heavy atom. The van der Waals surface area contributed by atoms with E-state index in [-0.39, 0.29) is 0 Å². The van der Waals surface area contributed by atoms with Crippen molar-refractivity contribution in [3.05, 3.63) is 76.0 Å². The van der Waals surface area contributed by atoms with E-state index in [0.29, 0.717) is 16.5 Å². The van der Waals surface area contributed by atoms with Crippen molar-refractivity contribution in [1.82, 2.24) is 4.98 Å². The Balaban J connectivity index is 1.95. The molecule has 0 spiro atoms. The molecule has 0 aliphatic heterocycles. The first-order valence-electron chi connectivity index (χ1n) is 6.60. The average molecular weight is 318 g/mol. The topological polar surface area (TPSA) is 33.1 Å². The highest BCUT2D eigenvalue weighted by atomic mass is 35.5. The Kier molecular flexibility index (Phi) is 4.11. The van der Waals surface area contributed by atoms with Crippen LogP contribution in [0.2, 0.25) is 10.0 Å². The molecule has 21 heavy (non-hydrogen) atoms. The van der Waals surface area contributed by atoms with Crippen molar-refractivity contribution >= 4 is 34.0 Å². The zero-order valence-electron chi connectivity index (χ0n) is 11.1. The quantitative estimate of drug-likeness (QED) is 0.751. The zero-order chi connectivity index (χ0) is 14.8. The normalized spacial score (nSPS) is 12.5. The number of halogens is 2. The smallest absolute Gasteiger partial charge is 0.0837 e. The molecule has 0 saturated heterocycles. The summed E-state index contributed by atoms with van der Waals surface area (Å²) in [5.41, 5.74) is 1.72. The molecule has 0 saturated carbocycles. The van der Waals surface area contributed by atoms with Crippen LogP contribution in [0.25, 0.3) is 10.8 Å². The maximum absolute atomic E-state index is 10.5. The lowest BCUT2D eigenvalue weighted by Gasteiger charge is -2.14. The van der Waals surface area contributed by atoms with E-state index in [4.69, 9.17) is 23.2 Å². The molecular formula is C17H13Cl2NO. The van der Waals surface area contributed by atoms with Crippen LogP contribution >= 0.6 is 23.2 Å². The van der Waals surface area contributed by atoms with Crippen LogP contribution in [0.1, 0.15) is 17.2 Å². The maximum atomic E-state index is 10.5. The summed E-state index contributed by atoms with van der Waals surface area (Å²) in [6.07, 6.45) is 3.31. The second kappa shape index (κ2) is 6.02. The number of aliphatic hydroxyl groups is 1. The minimum Gasteiger partial charge on any atom is -0.388 e. The minimum absolute atomic E-state index is 0.435. The Bertz CT molecular complexity index is 783. The van der Waals surface area contributed by atoms with E-state index in [1.54, 1.807) is 24.5 Å². The van der Waals surface area contributed by atoms with Gasteiger partial charge in [-0.3, -0.25) is 4.98 Å². The van der Waals surface area contributed by atoms with Crippen molar-refractivity contribution in [2.45, 2.75) is 12.5 Å². The fourth-order valence-corrected chi connectivity index (χ4v) is 2.92. The molecule has 0 bridgehead atoms. The van der Waals surface area contributed by atoms with Crippen molar-refractivity contribution in [1.29, 1.82) is 0 Å². The van der Waals surface area contributed by atoms with Gasteiger partial charge in [0.25, 0.3) is 0 Å². The Labute approximate surface area is 133 Å². The number of hydrogen-bond donors (Lipinski definition) is 1. The van der Waals surface area contributed by atoms with Gasteiger partial charge < -0.3 is 5.11 Å². The van der Waals surface area contributed by atoms with Crippen molar-refractivity contribution in [3.63, 3.8) is 0 Å². The van der Waals surface area contributed by atoms with Crippen molar-refractivity contribution in [3.8, 4) is 0 Å². The van der Waals surface area contributed by atoms with Gasteiger partial charge >= 0.3 is 0 Å². The third-order valence-electron chi connectivity index (χ3n) is 3.50. The number of hydrogen-bond acceptors (Lipinski definition) is 2. The first kappa shape index (κ1) is 14.3. The Hall–Kier alpha value is -1.61. The molecule has 0 fully saturated rings. The van der Waals surface area contributed by atoms with Gasteiger partial charge in [0.1, 0.15) is 0 Å². The predicted octanol–water partition coefficient (Wildman–Crippen LogP) is 4.82. The molecule has 1 atom stereocenters. The third-order valence-corrected chi connectivity index (χ3v) is 4.09. The molecule has 3 aromatic rings. The van der Waals surface area contributed by atoms with E-state index in [9.17, 15) is 5.11 Å². The van der Waals surface area contributed by atoms with Gasteiger partial charge in [-0.1, -0.05) is 47.5 Å². The largest absolute Gasteiger partial charge is 0.388 e. The van der Waals surface area contributed by atoms with Crippen LogP contribution in [0.5, 0.6) is 0 Å². The number of fused-ring (bicyclic) bond motifs is 1. The van der Waals surface area contributed by atoms with E-state index in [2.05, 4.69) is 4.98 Å². The van der Waals surface area contributed by atoms with Crippen LogP contribution < -0.4 is 0 Å². The standard InChI is InChI=1S/C17H13Cl2NO/c18-13-5-4-12(16(19)9-13)8-17(21)14-3-1-2-11-6-7-20-10-15(11)14/h1-7,9-10,17,21H,8H2. The molecule has 2 nitrogen and oxygen atoms in total. The molecule has 1 unspecified atom stereocenters. The third kappa shape index (κ3) is 3.03. The highest BCUT2D eigenvalue weighted by molar-refractivity contribution is 6.35. The highest BCUT2D eigenvalue weighted by Gasteiger charge is 2.14. The molecule has 1 heterocycles. The maximum Gasteiger partial charge on any atom is 0.0837 e. The van der Waals surface area contributed by atoms with Gasteiger partial charge in [-0.2, -0.15) is 0 Å². The molecular weight excluding hydrogens is 305 g/mol. The van der Waals surface area contributed by atoms with Gasteiger partial charge in [-0.05, 0) is 34.7 Å². The van der Waals surface area contributed by atoms with Crippen LogP contribution in [0, 0.1) is 0 Å². The van der Waals surface area contributed by atoms with Crippen molar-refractivity contribution < 1.29 is 5.11 Å². The molecule has 0 radical (unpaired) electrons. The summed E-state index contributed by atoms with van der Waals surface area (Å²) in [4.78, 5) is 4.14. The molecule has 0 aliphatic rings. The lowest BCUT2D eigenvalue weighted by Crippen LogP contribution is -2.03. The molecule has 1 aromatic heterocycles. The first-order chi connectivity index (χ1) is 10.1. The number of pyridine rings is 1. The molecule has 1 N–H and O–H groups in total. The number of rotatable bonds is 3. The van der Waals surface area contributed by atoms with Crippen molar-refractivity contribution in [2.75, 3.05) is 0 Å². The Morgan fingerprint density at radius 2 is 1.95 bits per heavy atom. The first-order valence-corrected chi connectivity index (χ1v) is 7.35. The monoisotopic (exact) mass is 317 g/mol. The van der Waals surface area contributed by atoms with Crippen LogP contribution in [0.15, 0.2) is 54.9 Å². The zero-order valence-corrected chi connectivity index (χ0v) is 12.6. The summed E-state index contributed by atoms with van der Waals surface area (Å²) >= 11 is 12.1. The highest BCUT2D eigenvalue weighted by Crippen LogP contribution is 2.29. The summed E-state index contributed by atoms with van der Waals surface area (Å²) in [5, 5.41) is 13.7. The van der Waals surface area contributed by atoms with Crippen LogP contribution in [0.4, 0.5) is 0 Å². The summed E-state index contributed by atoms with van der Waals surface area (Å²) < 4.78 is 0. The number of aliphatic hydroxyl groups excluding tert-OH is 1. The molecule has 3 rings (SSSR count). The lowest BCUT2D eigenvalue weighted by atomic mass is 9.97. The Morgan fingerprint density at radius 3 is 2.76 bits per heavy atom. The fraction of sp³-hybridized carbons (Fsp3) is 0.118. The van der Waals surface area contributed by atoms with E-state index >= 15 is 0 Å². The predicted molar refractivity (Wildman–Crippen MR) is 86.9 cm³/mol. The van der Waals surface area contributed by atoms with Crippen LogP contribution in [-0.4, -0.2) is 10.1 Å². The summed E-state index contributed by atoms with van der Waals surface area (Å²) in [7, 11) is 0. The molecule has 2 aromatic carbocycles. The SMILES string of the molecule is OC(Cc1ccc(Cl)cc1Cl)c1cccc2ccncc12. The molecule has 106 valence electrons. The van der Waals surface area contributed by atoms with E-state index in [1.807, 2.05) is 30.3 Å². The number of aromatic nitrogens is 1. The number of benzene rings is 2. The average Bonchev–Trinajstić information content (AvgIpc) is 2.49. The second-order valence-electron chi connectivity index (χ2n) is 4.90. The van der Waals surface area contributed by atoms with E-state index < -0.39 is 6.10 Å². The molecule has 0 amide bonds. The van der Waals surface area contributed by atoms with Gasteiger partial charge in [0.05, 0.1) is 6.10 Å². The summed E-state index contributed by atoms with van der Waals surface area (Å²) in [6, 6.07) is 13.1. The van der Waals surface area contributed by atoms with E-state index in [0.717, 1.165) is 21.9 Å². The van der Waals surface area contributed by atoms with Crippen LogP contribution in [0.3, 0.4) is 0 Å². The van der Waals surface area contributed by atoms with E-state index in [1.165, 1.54) is 0 Å².